The SMILES string of the molecule is Cc1ccc(OC(=O)c2cc(-c3ccc(Cl)cc3)nc3ccccc23)cc1C. The van der Waals surface area contributed by atoms with E-state index >= 15 is 0 Å². The minimum absolute atomic E-state index is 0.405. The van der Waals surface area contributed by atoms with Gasteiger partial charge in [-0.1, -0.05) is 48.0 Å². The fourth-order valence-corrected chi connectivity index (χ4v) is 3.18. The van der Waals surface area contributed by atoms with Gasteiger partial charge in [-0.25, -0.2) is 9.78 Å². The predicted molar refractivity (Wildman–Crippen MR) is 113 cm³/mol. The summed E-state index contributed by atoms with van der Waals surface area (Å²) in [5.41, 5.74) is 5.03. The van der Waals surface area contributed by atoms with Crippen LogP contribution < -0.4 is 4.74 Å². The van der Waals surface area contributed by atoms with Gasteiger partial charge in [0.05, 0.1) is 16.8 Å². The molecule has 4 heteroatoms. The number of para-hydroxylation sites is 1. The Morgan fingerprint density at radius 3 is 2.39 bits per heavy atom. The Morgan fingerprint density at radius 2 is 1.64 bits per heavy atom. The van der Waals surface area contributed by atoms with Crippen LogP contribution in [0.4, 0.5) is 0 Å². The standard InChI is InChI=1S/C24H18ClNO2/c1-15-7-12-19(13-16(15)2)28-24(27)21-14-23(17-8-10-18(25)11-9-17)26-22-6-4-3-5-20(21)22/h3-14H,1-2H3. The number of hydrogen-bond donors (Lipinski definition) is 0. The molecule has 0 amide bonds. The molecule has 4 aromatic rings. The first-order chi connectivity index (χ1) is 13.5. The molecule has 0 atom stereocenters. The third-order valence-corrected chi connectivity index (χ3v) is 5.02. The Morgan fingerprint density at radius 1 is 0.893 bits per heavy atom. The number of aryl methyl sites for hydroxylation is 2. The van der Waals surface area contributed by atoms with Crippen molar-refractivity contribution in [2.75, 3.05) is 0 Å². The lowest BCUT2D eigenvalue weighted by Gasteiger charge is -2.11. The first-order valence-electron chi connectivity index (χ1n) is 8.96. The van der Waals surface area contributed by atoms with Gasteiger partial charge in [-0.05, 0) is 61.4 Å². The van der Waals surface area contributed by atoms with E-state index in [1.807, 2.05) is 68.4 Å². The number of esters is 1. The van der Waals surface area contributed by atoms with Crippen LogP contribution in [0.15, 0.2) is 72.8 Å². The van der Waals surface area contributed by atoms with Crippen molar-refractivity contribution < 1.29 is 9.53 Å². The van der Waals surface area contributed by atoms with Gasteiger partial charge >= 0.3 is 5.97 Å². The molecule has 0 saturated heterocycles. The molecular weight excluding hydrogens is 370 g/mol. The second-order valence-corrected chi connectivity index (χ2v) is 7.15. The molecule has 3 aromatic carbocycles. The highest BCUT2D eigenvalue weighted by Gasteiger charge is 2.16. The van der Waals surface area contributed by atoms with E-state index in [1.165, 1.54) is 0 Å². The number of pyridine rings is 1. The van der Waals surface area contributed by atoms with Crippen molar-refractivity contribution in [2.24, 2.45) is 0 Å². The zero-order valence-electron chi connectivity index (χ0n) is 15.6. The molecule has 0 bridgehead atoms. The molecule has 0 radical (unpaired) electrons. The molecule has 0 aliphatic rings. The number of aromatic nitrogens is 1. The number of ether oxygens (including phenoxy) is 1. The van der Waals surface area contributed by atoms with Crippen LogP contribution in [0, 0.1) is 13.8 Å². The summed E-state index contributed by atoms with van der Waals surface area (Å²) in [5, 5.41) is 1.41. The summed E-state index contributed by atoms with van der Waals surface area (Å²) >= 11 is 6.00. The summed E-state index contributed by atoms with van der Waals surface area (Å²) in [6.45, 7) is 4.02. The molecule has 0 spiro atoms. The number of nitrogens with zero attached hydrogens (tertiary/aromatic N) is 1. The van der Waals surface area contributed by atoms with Gasteiger partial charge in [-0.3, -0.25) is 0 Å². The average molecular weight is 388 g/mol. The van der Waals surface area contributed by atoms with Crippen LogP contribution in [-0.2, 0) is 0 Å². The van der Waals surface area contributed by atoms with Gasteiger partial charge in [0.1, 0.15) is 5.75 Å². The number of hydrogen-bond acceptors (Lipinski definition) is 3. The topological polar surface area (TPSA) is 39.2 Å². The minimum atomic E-state index is -0.405. The van der Waals surface area contributed by atoms with E-state index in [0.717, 1.165) is 27.6 Å². The lowest BCUT2D eigenvalue weighted by atomic mass is 10.0. The van der Waals surface area contributed by atoms with E-state index in [9.17, 15) is 4.79 Å². The lowest BCUT2D eigenvalue weighted by molar-refractivity contribution is 0.0736. The van der Waals surface area contributed by atoms with Gasteiger partial charge < -0.3 is 4.74 Å². The molecule has 0 saturated carbocycles. The smallest absolute Gasteiger partial charge is 0.344 e. The summed E-state index contributed by atoms with van der Waals surface area (Å²) < 4.78 is 5.67. The first kappa shape index (κ1) is 18.2. The number of fused-ring (bicyclic) bond motifs is 1. The Labute approximate surface area is 168 Å². The number of benzene rings is 3. The molecule has 3 nitrogen and oxygen atoms in total. The molecule has 1 heterocycles. The third-order valence-electron chi connectivity index (χ3n) is 4.77. The average Bonchev–Trinajstić information content (AvgIpc) is 2.70. The van der Waals surface area contributed by atoms with Crippen LogP contribution in [0.25, 0.3) is 22.2 Å². The second kappa shape index (κ2) is 7.45. The van der Waals surface area contributed by atoms with Crippen molar-refractivity contribution in [2.45, 2.75) is 13.8 Å². The quantitative estimate of drug-likeness (QED) is 0.302. The summed E-state index contributed by atoms with van der Waals surface area (Å²) in [7, 11) is 0. The maximum atomic E-state index is 13.0. The first-order valence-corrected chi connectivity index (χ1v) is 9.34. The van der Waals surface area contributed by atoms with Gasteiger partial charge in [0.2, 0.25) is 0 Å². The summed E-state index contributed by atoms with van der Waals surface area (Å²) in [6, 6.07) is 22.3. The Balaban J connectivity index is 1.79. The fourth-order valence-electron chi connectivity index (χ4n) is 3.05. The molecule has 138 valence electrons. The summed E-state index contributed by atoms with van der Waals surface area (Å²) in [6.07, 6.45) is 0. The summed E-state index contributed by atoms with van der Waals surface area (Å²) in [5.74, 6) is 0.124. The van der Waals surface area contributed by atoms with Crippen molar-refractivity contribution in [3.63, 3.8) is 0 Å². The van der Waals surface area contributed by atoms with Crippen LogP contribution in [0.1, 0.15) is 21.5 Å². The van der Waals surface area contributed by atoms with Crippen LogP contribution >= 0.6 is 11.6 Å². The Hall–Kier alpha value is -3.17. The van der Waals surface area contributed by atoms with Crippen LogP contribution in [0.5, 0.6) is 5.75 Å². The molecule has 28 heavy (non-hydrogen) atoms. The van der Waals surface area contributed by atoms with E-state index in [-0.39, 0.29) is 0 Å². The Bertz CT molecular complexity index is 1180. The van der Waals surface area contributed by atoms with Gasteiger partial charge in [0.15, 0.2) is 0 Å². The monoisotopic (exact) mass is 387 g/mol. The number of halogens is 1. The van der Waals surface area contributed by atoms with Gasteiger partial charge in [-0.2, -0.15) is 0 Å². The molecule has 0 unspecified atom stereocenters. The van der Waals surface area contributed by atoms with Crippen molar-refractivity contribution in [1.29, 1.82) is 0 Å². The third kappa shape index (κ3) is 3.62. The van der Waals surface area contributed by atoms with Crippen molar-refractivity contribution >= 4 is 28.5 Å². The Kier molecular flexibility index (Phi) is 4.84. The van der Waals surface area contributed by atoms with Crippen molar-refractivity contribution in [3.05, 3.63) is 94.5 Å². The van der Waals surface area contributed by atoms with Crippen molar-refractivity contribution in [3.8, 4) is 17.0 Å². The highest BCUT2D eigenvalue weighted by molar-refractivity contribution is 6.30. The van der Waals surface area contributed by atoms with E-state index in [4.69, 9.17) is 21.3 Å². The fraction of sp³-hybridized carbons (Fsp3) is 0.0833. The van der Waals surface area contributed by atoms with Gasteiger partial charge in [0, 0.05) is 16.0 Å². The van der Waals surface area contributed by atoms with Crippen LogP contribution in [0.2, 0.25) is 5.02 Å². The molecule has 0 aliphatic heterocycles. The zero-order chi connectivity index (χ0) is 19.7. The molecular formula is C24H18ClNO2. The van der Waals surface area contributed by atoms with Crippen LogP contribution in [0.3, 0.4) is 0 Å². The number of carbonyl (C=O) groups excluding carboxylic acids is 1. The highest BCUT2D eigenvalue weighted by Crippen LogP contribution is 2.27. The molecule has 0 N–H and O–H groups in total. The molecule has 1 aromatic heterocycles. The summed E-state index contributed by atoms with van der Waals surface area (Å²) in [4.78, 5) is 17.7. The van der Waals surface area contributed by atoms with Gasteiger partial charge in [-0.15, -0.1) is 0 Å². The molecule has 4 rings (SSSR count). The van der Waals surface area contributed by atoms with Gasteiger partial charge in [0.25, 0.3) is 0 Å². The largest absolute Gasteiger partial charge is 0.423 e. The van der Waals surface area contributed by atoms with E-state index in [1.54, 1.807) is 18.2 Å². The van der Waals surface area contributed by atoms with Crippen molar-refractivity contribution in [1.82, 2.24) is 4.98 Å². The second-order valence-electron chi connectivity index (χ2n) is 6.71. The maximum Gasteiger partial charge on any atom is 0.344 e. The highest BCUT2D eigenvalue weighted by atomic mass is 35.5. The predicted octanol–water partition coefficient (Wildman–Crippen LogP) is 6.39. The lowest BCUT2D eigenvalue weighted by Crippen LogP contribution is -2.10. The minimum Gasteiger partial charge on any atom is -0.423 e. The maximum absolute atomic E-state index is 13.0. The number of rotatable bonds is 3. The normalized spacial score (nSPS) is 10.8. The van der Waals surface area contributed by atoms with Crippen LogP contribution in [-0.4, -0.2) is 11.0 Å². The van der Waals surface area contributed by atoms with E-state index in [2.05, 4.69) is 0 Å². The molecule has 0 aliphatic carbocycles. The van der Waals surface area contributed by atoms with E-state index < -0.39 is 5.97 Å². The molecule has 0 fully saturated rings. The van der Waals surface area contributed by atoms with E-state index in [0.29, 0.717) is 22.0 Å². The number of carbonyl (C=O) groups is 1. The zero-order valence-corrected chi connectivity index (χ0v) is 16.3.